The Morgan fingerprint density at radius 1 is 0.840 bits per heavy atom. The Hall–Kier alpha value is -2.75. The smallest absolute Gasteiger partial charge is 0.164 e. The number of carbonyl (C=O) groups is 1. The summed E-state index contributed by atoms with van der Waals surface area (Å²) in [6, 6.07) is 27.6. The van der Waals surface area contributed by atoms with Crippen LogP contribution < -0.4 is 5.48 Å². The maximum atomic E-state index is 12.7. The monoisotopic (exact) mass is 331 g/mol. The average molecular weight is 331 g/mol. The fraction of sp³-hybridized carbons (Fsp3) is 0.136. The molecule has 1 atom stereocenters. The molecule has 0 aromatic heterocycles. The highest BCUT2D eigenvalue weighted by Crippen LogP contribution is 2.22. The molecule has 25 heavy (non-hydrogen) atoms. The van der Waals surface area contributed by atoms with E-state index in [0.717, 1.165) is 16.7 Å². The Bertz CT molecular complexity index is 798. The van der Waals surface area contributed by atoms with E-state index in [1.165, 1.54) is 0 Å². The SMILES string of the molecule is CONC(CC(=O)c1ccc(-c2ccccc2)cc1)c1ccccc1. The molecule has 0 amide bonds. The second kappa shape index (κ2) is 8.38. The molecule has 3 nitrogen and oxygen atoms in total. The van der Waals surface area contributed by atoms with E-state index in [2.05, 4.69) is 17.6 Å². The van der Waals surface area contributed by atoms with Crippen LogP contribution in [0.1, 0.15) is 28.4 Å². The molecule has 3 heteroatoms. The van der Waals surface area contributed by atoms with Crippen molar-refractivity contribution < 1.29 is 9.63 Å². The summed E-state index contributed by atoms with van der Waals surface area (Å²) < 4.78 is 0. The summed E-state index contributed by atoms with van der Waals surface area (Å²) >= 11 is 0. The largest absolute Gasteiger partial charge is 0.305 e. The van der Waals surface area contributed by atoms with Crippen LogP contribution in [0.3, 0.4) is 0 Å². The van der Waals surface area contributed by atoms with Gasteiger partial charge in [0, 0.05) is 12.0 Å². The first-order valence-corrected chi connectivity index (χ1v) is 8.30. The van der Waals surface area contributed by atoms with Crippen molar-refractivity contribution in [1.82, 2.24) is 5.48 Å². The van der Waals surface area contributed by atoms with E-state index < -0.39 is 0 Å². The molecule has 1 N–H and O–H groups in total. The Labute approximate surface area is 148 Å². The molecule has 0 spiro atoms. The third kappa shape index (κ3) is 4.41. The molecule has 0 heterocycles. The van der Waals surface area contributed by atoms with Gasteiger partial charge in [-0.05, 0) is 16.7 Å². The van der Waals surface area contributed by atoms with E-state index in [9.17, 15) is 4.79 Å². The van der Waals surface area contributed by atoms with Gasteiger partial charge < -0.3 is 4.84 Å². The van der Waals surface area contributed by atoms with Gasteiger partial charge in [0.15, 0.2) is 5.78 Å². The fourth-order valence-electron chi connectivity index (χ4n) is 2.84. The lowest BCUT2D eigenvalue weighted by atomic mass is 9.97. The van der Waals surface area contributed by atoms with Gasteiger partial charge in [-0.3, -0.25) is 4.79 Å². The zero-order valence-electron chi connectivity index (χ0n) is 14.2. The summed E-state index contributed by atoms with van der Waals surface area (Å²) in [5, 5.41) is 0. The Balaban J connectivity index is 1.74. The second-order valence-corrected chi connectivity index (χ2v) is 5.86. The predicted molar refractivity (Wildman–Crippen MR) is 100 cm³/mol. The zero-order chi connectivity index (χ0) is 17.5. The Kier molecular flexibility index (Phi) is 5.73. The molecular weight excluding hydrogens is 310 g/mol. The van der Waals surface area contributed by atoms with Gasteiger partial charge in [0.1, 0.15) is 0 Å². The number of carbonyl (C=O) groups excluding carboxylic acids is 1. The molecule has 0 saturated heterocycles. The van der Waals surface area contributed by atoms with E-state index >= 15 is 0 Å². The molecule has 0 saturated carbocycles. The lowest BCUT2D eigenvalue weighted by molar-refractivity contribution is 0.0545. The summed E-state index contributed by atoms with van der Waals surface area (Å²) in [4.78, 5) is 17.7. The standard InChI is InChI=1S/C22H21NO2/c1-25-23-21(19-10-6-3-7-11-19)16-22(24)20-14-12-18(13-15-20)17-8-4-2-5-9-17/h2-15,21,23H,16H2,1H3. The van der Waals surface area contributed by atoms with Crippen molar-refractivity contribution in [3.05, 3.63) is 96.1 Å². The fourth-order valence-corrected chi connectivity index (χ4v) is 2.84. The van der Waals surface area contributed by atoms with Crippen LogP contribution in [0.4, 0.5) is 0 Å². The van der Waals surface area contributed by atoms with E-state index in [1.807, 2.05) is 72.8 Å². The van der Waals surface area contributed by atoms with Gasteiger partial charge in [0.25, 0.3) is 0 Å². The number of nitrogens with one attached hydrogen (secondary N) is 1. The van der Waals surface area contributed by atoms with Crippen LogP contribution in [0, 0.1) is 0 Å². The summed E-state index contributed by atoms with van der Waals surface area (Å²) in [5.41, 5.74) is 6.90. The van der Waals surface area contributed by atoms with Crippen LogP contribution in [0.15, 0.2) is 84.9 Å². The van der Waals surface area contributed by atoms with Crippen LogP contribution in [0.25, 0.3) is 11.1 Å². The molecular formula is C22H21NO2. The van der Waals surface area contributed by atoms with Crippen molar-refractivity contribution in [2.45, 2.75) is 12.5 Å². The van der Waals surface area contributed by atoms with E-state index in [-0.39, 0.29) is 11.8 Å². The zero-order valence-corrected chi connectivity index (χ0v) is 14.2. The van der Waals surface area contributed by atoms with Gasteiger partial charge in [0.2, 0.25) is 0 Å². The summed E-state index contributed by atoms with van der Waals surface area (Å²) in [5.74, 6) is 0.0815. The second-order valence-electron chi connectivity index (χ2n) is 5.86. The van der Waals surface area contributed by atoms with Crippen molar-refractivity contribution in [2.24, 2.45) is 0 Å². The third-order valence-corrected chi connectivity index (χ3v) is 4.17. The number of rotatable bonds is 7. The number of hydroxylamine groups is 1. The van der Waals surface area contributed by atoms with Gasteiger partial charge in [-0.25, -0.2) is 0 Å². The van der Waals surface area contributed by atoms with Crippen molar-refractivity contribution >= 4 is 5.78 Å². The molecule has 0 bridgehead atoms. The van der Waals surface area contributed by atoms with Gasteiger partial charge in [0.05, 0.1) is 13.2 Å². The molecule has 3 aromatic carbocycles. The molecule has 3 rings (SSSR count). The predicted octanol–water partition coefficient (Wildman–Crippen LogP) is 4.82. The van der Waals surface area contributed by atoms with Gasteiger partial charge in [-0.2, -0.15) is 5.48 Å². The maximum absolute atomic E-state index is 12.7. The van der Waals surface area contributed by atoms with Gasteiger partial charge >= 0.3 is 0 Å². The van der Waals surface area contributed by atoms with Crippen LogP contribution in [-0.2, 0) is 4.84 Å². The van der Waals surface area contributed by atoms with Gasteiger partial charge in [-0.1, -0.05) is 84.9 Å². The minimum absolute atomic E-state index is 0.0815. The first-order chi connectivity index (χ1) is 12.3. The third-order valence-electron chi connectivity index (χ3n) is 4.17. The summed E-state index contributed by atoms with van der Waals surface area (Å²) in [6.45, 7) is 0. The topological polar surface area (TPSA) is 38.3 Å². The highest BCUT2D eigenvalue weighted by atomic mass is 16.6. The highest BCUT2D eigenvalue weighted by Gasteiger charge is 2.17. The van der Waals surface area contributed by atoms with Crippen LogP contribution in [0.5, 0.6) is 0 Å². The van der Waals surface area contributed by atoms with Crippen molar-refractivity contribution in [3.63, 3.8) is 0 Å². The normalized spacial score (nSPS) is 11.9. The van der Waals surface area contributed by atoms with Gasteiger partial charge in [-0.15, -0.1) is 0 Å². The van der Waals surface area contributed by atoms with E-state index in [0.29, 0.717) is 12.0 Å². The Morgan fingerprint density at radius 3 is 2.00 bits per heavy atom. The number of benzene rings is 3. The number of ketones is 1. The molecule has 1 unspecified atom stereocenters. The Morgan fingerprint density at radius 2 is 1.40 bits per heavy atom. The molecule has 0 aliphatic rings. The first-order valence-electron chi connectivity index (χ1n) is 8.30. The van der Waals surface area contributed by atoms with Crippen molar-refractivity contribution in [2.75, 3.05) is 7.11 Å². The lowest BCUT2D eigenvalue weighted by Crippen LogP contribution is -2.23. The molecule has 126 valence electrons. The minimum Gasteiger partial charge on any atom is -0.305 e. The summed E-state index contributed by atoms with van der Waals surface area (Å²) in [7, 11) is 1.56. The quantitative estimate of drug-likeness (QED) is 0.498. The van der Waals surface area contributed by atoms with E-state index in [4.69, 9.17) is 4.84 Å². The number of hydrogen-bond acceptors (Lipinski definition) is 3. The highest BCUT2D eigenvalue weighted by molar-refractivity contribution is 5.97. The molecule has 0 aliphatic carbocycles. The van der Waals surface area contributed by atoms with Crippen LogP contribution >= 0.6 is 0 Å². The molecule has 0 radical (unpaired) electrons. The average Bonchev–Trinajstić information content (AvgIpc) is 2.69. The van der Waals surface area contributed by atoms with Crippen molar-refractivity contribution in [1.29, 1.82) is 0 Å². The number of hydrogen-bond donors (Lipinski definition) is 1. The molecule has 0 fully saturated rings. The minimum atomic E-state index is -0.174. The molecule has 3 aromatic rings. The van der Waals surface area contributed by atoms with E-state index in [1.54, 1.807) is 7.11 Å². The molecule has 0 aliphatic heterocycles. The first kappa shape index (κ1) is 17.1. The maximum Gasteiger partial charge on any atom is 0.164 e. The summed E-state index contributed by atoms with van der Waals surface area (Å²) in [6.07, 6.45) is 0.336. The van der Waals surface area contributed by atoms with Crippen LogP contribution in [-0.4, -0.2) is 12.9 Å². The number of Topliss-reactive ketones (excluding diaryl/α,β-unsaturated/α-hetero) is 1. The van der Waals surface area contributed by atoms with Crippen molar-refractivity contribution in [3.8, 4) is 11.1 Å². The van der Waals surface area contributed by atoms with Crippen LogP contribution in [0.2, 0.25) is 0 Å². The lowest BCUT2D eigenvalue weighted by Gasteiger charge is -2.17.